The normalized spacial score (nSPS) is 17.5. The van der Waals surface area contributed by atoms with E-state index in [2.05, 4.69) is 32.2 Å². The van der Waals surface area contributed by atoms with E-state index in [0.29, 0.717) is 6.54 Å². The van der Waals surface area contributed by atoms with Crippen LogP contribution in [0.2, 0.25) is 0 Å². The summed E-state index contributed by atoms with van der Waals surface area (Å²) in [6, 6.07) is 15.7. The molecule has 1 heterocycles. The summed E-state index contributed by atoms with van der Waals surface area (Å²) in [4.78, 5) is 27.0. The Bertz CT molecular complexity index is 819. The smallest absolute Gasteiger partial charge is 0.229 e. The zero-order chi connectivity index (χ0) is 18.9. The zero-order valence-electron chi connectivity index (χ0n) is 15.9. The molecule has 1 N–H and O–H groups in total. The fraction of sp³-hybridized carbons (Fsp3) is 0.364. The number of hydrogen-bond donors (Lipinski definition) is 1. The summed E-state index contributed by atoms with van der Waals surface area (Å²) in [5.74, 6) is -0.430. The highest BCUT2D eigenvalue weighted by Crippen LogP contribution is 2.35. The van der Waals surface area contributed by atoms with Gasteiger partial charge in [-0.25, -0.2) is 0 Å². The van der Waals surface area contributed by atoms with Gasteiger partial charge in [-0.05, 0) is 36.1 Å². The monoisotopic (exact) mass is 350 g/mol. The molecule has 1 aliphatic heterocycles. The van der Waals surface area contributed by atoms with Crippen LogP contribution < -0.4 is 10.2 Å². The van der Waals surface area contributed by atoms with Crippen molar-refractivity contribution in [2.24, 2.45) is 5.92 Å². The van der Waals surface area contributed by atoms with Crippen molar-refractivity contribution in [1.29, 1.82) is 0 Å². The van der Waals surface area contributed by atoms with Gasteiger partial charge in [-0.2, -0.15) is 0 Å². The molecule has 1 aliphatic rings. The summed E-state index contributed by atoms with van der Waals surface area (Å²) in [5.41, 5.74) is 3.87. The topological polar surface area (TPSA) is 49.4 Å². The number of hydrogen-bond acceptors (Lipinski definition) is 2. The Labute approximate surface area is 155 Å². The van der Waals surface area contributed by atoms with Crippen LogP contribution in [0.4, 0.5) is 11.4 Å². The minimum absolute atomic E-state index is 0.00533. The van der Waals surface area contributed by atoms with Crippen LogP contribution in [0.15, 0.2) is 48.5 Å². The zero-order valence-corrected chi connectivity index (χ0v) is 15.9. The van der Waals surface area contributed by atoms with Crippen molar-refractivity contribution in [3.8, 4) is 0 Å². The summed E-state index contributed by atoms with van der Waals surface area (Å²) in [6.07, 6.45) is 0.246. The van der Waals surface area contributed by atoms with Crippen molar-refractivity contribution >= 4 is 23.2 Å². The molecule has 4 nitrogen and oxygen atoms in total. The second-order valence-corrected chi connectivity index (χ2v) is 8.03. The number of nitrogens with zero attached hydrogens (tertiary/aromatic N) is 1. The Hall–Kier alpha value is -2.62. The minimum Gasteiger partial charge on any atom is -0.326 e. The molecule has 136 valence electrons. The van der Waals surface area contributed by atoms with E-state index in [1.807, 2.05) is 49.4 Å². The molecule has 3 rings (SSSR count). The molecule has 26 heavy (non-hydrogen) atoms. The van der Waals surface area contributed by atoms with Crippen LogP contribution in [-0.4, -0.2) is 18.4 Å². The Balaban J connectivity index is 1.77. The summed E-state index contributed by atoms with van der Waals surface area (Å²) in [6.45, 7) is 8.82. The summed E-state index contributed by atoms with van der Waals surface area (Å²) >= 11 is 0. The van der Waals surface area contributed by atoms with Crippen molar-refractivity contribution in [1.82, 2.24) is 0 Å². The first kappa shape index (κ1) is 18.2. The van der Waals surface area contributed by atoms with Crippen LogP contribution >= 0.6 is 0 Å². The van der Waals surface area contributed by atoms with Gasteiger partial charge in [-0.1, -0.05) is 56.7 Å². The number of nitrogens with one attached hydrogen (secondary N) is 1. The fourth-order valence-corrected chi connectivity index (χ4v) is 3.34. The third-order valence-corrected chi connectivity index (χ3v) is 4.82. The molecule has 2 aromatic carbocycles. The first-order chi connectivity index (χ1) is 12.3. The molecule has 0 radical (unpaired) electrons. The molecule has 0 bridgehead atoms. The van der Waals surface area contributed by atoms with E-state index in [1.54, 1.807) is 4.90 Å². The predicted molar refractivity (Wildman–Crippen MR) is 105 cm³/mol. The van der Waals surface area contributed by atoms with Crippen molar-refractivity contribution in [3.05, 3.63) is 59.7 Å². The molecular formula is C22H26N2O2. The summed E-state index contributed by atoms with van der Waals surface area (Å²) in [7, 11) is 0. The second kappa shape index (κ2) is 6.94. The van der Waals surface area contributed by atoms with Crippen LogP contribution in [0.1, 0.15) is 38.3 Å². The van der Waals surface area contributed by atoms with Crippen molar-refractivity contribution in [2.75, 3.05) is 16.8 Å². The first-order valence-electron chi connectivity index (χ1n) is 9.03. The molecule has 1 fully saturated rings. The van der Waals surface area contributed by atoms with Crippen LogP contribution in [0.5, 0.6) is 0 Å². The lowest BCUT2D eigenvalue weighted by molar-refractivity contribution is -0.122. The van der Waals surface area contributed by atoms with Gasteiger partial charge in [0.05, 0.1) is 5.92 Å². The van der Waals surface area contributed by atoms with Gasteiger partial charge in [0.25, 0.3) is 0 Å². The van der Waals surface area contributed by atoms with Crippen LogP contribution in [0.25, 0.3) is 0 Å². The van der Waals surface area contributed by atoms with E-state index in [4.69, 9.17) is 0 Å². The average molecular weight is 350 g/mol. The lowest BCUT2D eigenvalue weighted by Gasteiger charge is -2.27. The second-order valence-electron chi connectivity index (χ2n) is 8.03. The first-order valence-corrected chi connectivity index (χ1v) is 9.03. The Kier molecular flexibility index (Phi) is 4.86. The quantitative estimate of drug-likeness (QED) is 0.898. The number of carbonyl (C=O) groups excluding carboxylic acids is 2. The standard InChI is InChI=1S/C22H26N2O2/c1-15-9-11-17(12-10-15)23-21(26)16-13-20(25)24(14-16)19-8-6-5-7-18(19)22(2,3)4/h5-12,16H,13-14H2,1-4H3,(H,23,26). The lowest BCUT2D eigenvalue weighted by Crippen LogP contribution is -2.30. The largest absolute Gasteiger partial charge is 0.326 e. The minimum atomic E-state index is -0.336. The number of amides is 2. The highest BCUT2D eigenvalue weighted by molar-refractivity contribution is 6.04. The van der Waals surface area contributed by atoms with Crippen LogP contribution in [0, 0.1) is 12.8 Å². The third-order valence-electron chi connectivity index (χ3n) is 4.82. The Morgan fingerprint density at radius 2 is 1.73 bits per heavy atom. The van der Waals surface area contributed by atoms with Crippen molar-refractivity contribution < 1.29 is 9.59 Å². The van der Waals surface area contributed by atoms with Crippen molar-refractivity contribution in [3.63, 3.8) is 0 Å². The van der Waals surface area contributed by atoms with Gasteiger partial charge in [0.1, 0.15) is 0 Å². The number of rotatable bonds is 3. The van der Waals surface area contributed by atoms with Gasteiger partial charge in [-0.3, -0.25) is 9.59 Å². The molecular weight excluding hydrogens is 324 g/mol. The number of benzene rings is 2. The molecule has 1 unspecified atom stereocenters. The lowest BCUT2D eigenvalue weighted by atomic mass is 9.85. The third kappa shape index (κ3) is 3.79. The highest BCUT2D eigenvalue weighted by Gasteiger charge is 2.36. The predicted octanol–water partition coefficient (Wildman–Crippen LogP) is 4.28. The molecule has 2 aromatic rings. The molecule has 2 amide bonds. The number of aryl methyl sites for hydroxylation is 1. The fourth-order valence-electron chi connectivity index (χ4n) is 3.34. The van der Waals surface area contributed by atoms with Gasteiger partial charge in [0, 0.05) is 24.3 Å². The number of carbonyl (C=O) groups is 2. The van der Waals surface area contributed by atoms with E-state index < -0.39 is 0 Å². The van der Waals surface area contributed by atoms with E-state index in [-0.39, 0.29) is 29.6 Å². The Morgan fingerprint density at radius 1 is 1.08 bits per heavy atom. The molecule has 1 atom stereocenters. The van der Waals surface area contributed by atoms with E-state index >= 15 is 0 Å². The van der Waals surface area contributed by atoms with Gasteiger partial charge < -0.3 is 10.2 Å². The maximum absolute atomic E-state index is 12.6. The number of para-hydroxylation sites is 1. The molecule has 0 spiro atoms. The van der Waals surface area contributed by atoms with Gasteiger partial charge in [-0.15, -0.1) is 0 Å². The number of anilines is 2. The van der Waals surface area contributed by atoms with Crippen LogP contribution in [-0.2, 0) is 15.0 Å². The van der Waals surface area contributed by atoms with Gasteiger partial charge in [0.2, 0.25) is 11.8 Å². The highest BCUT2D eigenvalue weighted by atomic mass is 16.2. The SMILES string of the molecule is Cc1ccc(NC(=O)C2CC(=O)N(c3ccccc3C(C)(C)C)C2)cc1. The molecule has 0 aliphatic carbocycles. The molecule has 0 aromatic heterocycles. The maximum Gasteiger partial charge on any atom is 0.229 e. The maximum atomic E-state index is 12.6. The van der Waals surface area contributed by atoms with Gasteiger partial charge >= 0.3 is 0 Å². The van der Waals surface area contributed by atoms with Crippen LogP contribution in [0.3, 0.4) is 0 Å². The van der Waals surface area contributed by atoms with Crippen molar-refractivity contribution in [2.45, 2.75) is 39.5 Å². The molecule has 4 heteroatoms. The summed E-state index contributed by atoms with van der Waals surface area (Å²) in [5, 5.41) is 2.93. The molecule has 1 saturated heterocycles. The molecule has 0 saturated carbocycles. The van der Waals surface area contributed by atoms with E-state index in [1.165, 1.54) is 0 Å². The summed E-state index contributed by atoms with van der Waals surface area (Å²) < 4.78 is 0. The van der Waals surface area contributed by atoms with E-state index in [0.717, 1.165) is 22.5 Å². The van der Waals surface area contributed by atoms with E-state index in [9.17, 15) is 9.59 Å². The average Bonchev–Trinajstić information content (AvgIpc) is 2.98. The Morgan fingerprint density at radius 3 is 2.38 bits per heavy atom. The van der Waals surface area contributed by atoms with Gasteiger partial charge in [0.15, 0.2) is 0 Å².